The van der Waals surface area contributed by atoms with Crippen LogP contribution >= 0.6 is 15.9 Å². The molecule has 1 aliphatic rings. The van der Waals surface area contributed by atoms with E-state index in [-0.39, 0.29) is 17.7 Å². The molecule has 0 saturated carbocycles. The molecule has 0 spiro atoms. The highest BCUT2D eigenvalue weighted by molar-refractivity contribution is 9.10. The monoisotopic (exact) mass is 394 g/mol. The summed E-state index contributed by atoms with van der Waals surface area (Å²) in [5, 5.41) is 0. The number of carbonyl (C=O) groups excluding carboxylic acids is 2. The highest BCUT2D eigenvalue weighted by Crippen LogP contribution is 2.21. The van der Waals surface area contributed by atoms with Crippen LogP contribution in [0.5, 0.6) is 0 Å². The summed E-state index contributed by atoms with van der Waals surface area (Å²) >= 11 is 3.44. The van der Waals surface area contributed by atoms with Crippen molar-refractivity contribution in [3.05, 3.63) is 34.3 Å². The molecule has 0 N–H and O–H groups in total. The molecule has 132 valence electrons. The molecule has 2 amide bonds. The minimum Gasteiger partial charge on any atom is -0.346 e. The Hall–Kier alpha value is -1.36. The molecule has 0 bridgehead atoms. The first kappa shape index (κ1) is 19.0. The quantitative estimate of drug-likeness (QED) is 0.740. The van der Waals surface area contributed by atoms with Gasteiger partial charge in [-0.1, -0.05) is 41.4 Å². The highest BCUT2D eigenvalue weighted by atomic mass is 79.9. The molecule has 0 unspecified atom stereocenters. The molecule has 5 heteroatoms. The lowest BCUT2D eigenvalue weighted by atomic mass is 9.95. The number of unbranched alkanes of at least 4 members (excludes halogenated alkanes) is 1. The number of rotatable bonds is 6. The third-order valence-electron chi connectivity index (χ3n) is 4.66. The van der Waals surface area contributed by atoms with E-state index in [0.717, 1.165) is 42.3 Å². The Bertz CT molecular complexity index is 568. The van der Waals surface area contributed by atoms with Gasteiger partial charge in [0.1, 0.15) is 0 Å². The fourth-order valence-corrected chi connectivity index (χ4v) is 3.57. The number of benzene rings is 1. The van der Waals surface area contributed by atoms with Gasteiger partial charge in [-0.25, -0.2) is 0 Å². The van der Waals surface area contributed by atoms with Crippen molar-refractivity contribution in [2.45, 2.75) is 39.0 Å². The van der Waals surface area contributed by atoms with E-state index in [1.54, 1.807) is 0 Å². The van der Waals surface area contributed by atoms with Gasteiger partial charge in [0.25, 0.3) is 0 Å². The predicted molar refractivity (Wildman–Crippen MR) is 99.7 cm³/mol. The van der Waals surface area contributed by atoms with E-state index in [4.69, 9.17) is 0 Å². The van der Waals surface area contributed by atoms with Crippen molar-refractivity contribution in [1.29, 1.82) is 0 Å². The lowest BCUT2D eigenvalue weighted by Crippen LogP contribution is -2.44. The first-order valence-corrected chi connectivity index (χ1v) is 9.57. The van der Waals surface area contributed by atoms with E-state index in [9.17, 15) is 9.59 Å². The minimum absolute atomic E-state index is 0.0711. The van der Waals surface area contributed by atoms with E-state index in [1.807, 2.05) is 41.1 Å². The van der Waals surface area contributed by atoms with Crippen molar-refractivity contribution in [1.82, 2.24) is 9.80 Å². The molecule has 0 radical (unpaired) electrons. The summed E-state index contributed by atoms with van der Waals surface area (Å²) < 4.78 is 0.993. The average Bonchev–Trinajstić information content (AvgIpc) is 2.59. The molecule has 24 heavy (non-hydrogen) atoms. The predicted octanol–water partition coefficient (Wildman–Crippen LogP) is 3.49. The van der Waals surface area contributed by atoms with Crippen LogP contribution in [0.4, 0.5) is 0 Å². The van der Waals surface area contributed by atoms with Gasteiger partial charge in [0.05, 0.1) is 6.42 Å². The van der Waals surface area contributed by atoms with Crippen LogP contribution in [0.15, 0.2) is 28.7 Å². The van der Waals surface area contributed by atoms with Gasteiger partial charge in [-0.15, -0.1) is 0 Å². The summed E-state index contributed by atoms with van der Waals surface area (Å²) in [7, 11) is 1.89. The van der Waals surface area contributed by atoms with Gasteiger partial charge in [0.2, 0.25) is 11.8 Å². The standard InChI is InChI=1S/C19H27BrN2O2/c1-3-4-10-21(2)19(24)16-8-11-22(12-9-16)18(23)14-15-6-5-7-17(20)13-15/h5-7,13,16H,3-4,8-12,14H2,1-2H3. The fourth-order valence-electron chi connectivity index (χ4n) is 3.13. The Labute approximate surface area is 153 Å². The number of likely N-dealkylation sites (tertiary alicyclic amines) is 1. The third-order valence-corrected chi connectivity index (χ3v) is 5.16. The molecule has 2 rings (SSSR count). The molecule has 1 aromatic rings. The molecule has 1 fully saturated rings. The van der Waals surface area contributed by atoms with Crippen LogP contribution in [0.2, 0.25) is 0 Å². The number of carbonyl (C=O) groups is 2. The van der Waals surface area contributed by atoms with E-state index in [2.05, 4.69) is 22.9 Å². The van der Waals surface area contributed by atoms with Crippen LogP contribution in [0.25, 0.3) is 0 Å². The van der Waals surface area contributed by atoms with Crippen LogP contribution in [-0.2, 0) is 16.0 Å². The summed E-state index contributed by atoms with van der Waals surface area (Å²) in [6, 6.07) is 7.86. The Morgan fingerprint density at radius 1 is 1.29 bits per heavy atom. The second-order valence-corrected chi connectivity index (χ2v) is 7.49. The minimum atomic E-state index is 0.0711. The number of hydrogen-bond acceptors (Lipinski definition) is 2. The summed E-state index contributed by atoms with van der Waals surface area (Å²) in [5.74, 6) is 0.461. The first-order valence-electron chi connectivity index (χ1n) is 8.78. The van der Waals surface area contributed by atoms with Gasteiger partial charge < -0.3 is 9.80 Å². The van der Waals surface area contributed by atoms with E-state index in [1.165, 1.54) is 0 Å². The zero-order valence-electron chi connectivity index (χ0n) is 14.6. The molecule has 1 aliphatic heterocycles. The van der Waals surface area contributed by atoms with E-state index >= 15 is 0 Å². The topological polar surface area (TPSA) is 40.6 Å². The summed E-state index contributed by atoms with van der Waals surface area (Å²) in [6.45, 7) is 4.33. The molecular formula is C19H27BrN2O2. The molecule has 1 heterocycles. The molecule has 0 aromatic heterocycles. The lowest BCUT2D eigenvalue weighted by molar-refractivity contribution is -0.139. The van der Waals surface area contributed by atoms with Gasteiger partial charge >= 0.3 is 0 Å². The van der Waals surface area contributed by atoms with Crippen LogP contribution in [0.3, 0.4) is 0 Å². The SMILES string of the molecule is CCCCN(C)C(=O)C1CCN(C(=O)Cc2cccc(Br)c2)CC1. The van der Waals surface area contributed by atoms with E-state index < -0.39 is 0 Å². The summed E-state index contributed by atoms with van der Waals surface area (Å²) in [5.41, 5.74) is 1.02. The Kier molecular flexibility index (Phi) is 7.28. The number of amides is 2. The number of piperidine rings is 1. The largest absolute Gasteiger partial charge is 0.346 e. The van der Waals surface area contributed by atoms with Crippen molar-refractivity contribution < 1.29 is 9.59 Å². The van der Waals surface area contributed by atoms with Crippen molar-refractivity contribution in [2.24, 2.45) is 5.92 Å². The van der Waals surface area contributed by atoms with Gasteiger partial charge in [0.15, 0.2) is 0 Å². The van der Waals surface area contributed by atoms with Gasteiger partial charge in [-0.05, 0) is 37.0 Å². The zero-order chi connectivity index (χ0) is 17.5. The molecular weight excluding hydrogens is 368 g/mol. The Balaban J connectivity index is 1.81. The van der Waals surface area contributed by atoms with Crippen LogP contribution in [-0.4, -0.2) is 48.3 Å². The second-order valence-electron chi connectivity index (χ2n) is 6.58. The fraction of sp³-hybridized carbons (Fsp3) is 0.579. The third kappa shape index (κ3) is 5.33. The van der Waals surface area contributed by atoms with Gasteiger partial charge in [-0.3, -0.25) is 9.59 Å². The molecule has 1 aromatic carbocycles. The highest BCUT2D eigenvalue weighted by Gasteiger charge is 2.28. The molecule has 0 aliphatic carbocycles. The van der Waals surface area contributed by atoms with Gasteiger partial charge in [-0.2, -0.15) is 0 Å². The number of halogens is 1. The second kappa shape index (κ2) is 9.21. The number of nitrogens with zero attached hydrogens (tertiary/aromatic N) is 2. The summed E-state index contributed by atoms with van der Waals surface area (Å²) in [4.78, 5) is 28.6. The Morgan fingerprint density at radius 2 is 2.00 bits per heavy atom. The maximum Gasteiger partial charge on any atom is 0.226 e. The van der Waals surface area contributed by atoms with Crippen LogP contribution in [0, 0.1) is 5.92 Å². The lowest BCUT2D eigenvalue weighted by Gasteiger charge is -2.33. The smallest absolute Gasteiger partial charge is 0.226 e. The first-order chi connectivity index (χ1) is 11.5. The number of hydrogen-bond donors (Lipinski definition) is 0. The van der Waals surface area contributed by atoms with E-state index in [0.29, 0.717) is 19.5 Å². The van der Waals surface area contributed by atoms with Crippen molar-refractivity contribution >= 4 is 27.7 Å². The molecule has 4 nitrogen and oxygen atoms in total. The van der Waals surface area contributed by atoms with Crippen molar-refractivity contribution in [3.63, 3.8) is 0 Å². The maximum absolute atomic E-state index is 12.4. The van der Waals surface area contributed by atoms with Crippen LogP contribution < -0.4 is 0 Å². The zero-order valence-corrected chi connectivity index (χ0v) is 16.2. The molecule has 0 atom stereocenters. The molecule has 1 saturated heterocycles. The Morgan fingerprint density at radius 3 is 2.62 bits per heavy atom. The van der Waals surface area contributed by atoms with Crippen molar-refractivity contribution in [2.75, 3.05) is 26.7 Å². The van der Waals surface area contributed by atoms with Crippen LogP contribution in [0.1, 0.15) is 38.2 Å². The maximum atomic E-state index is 12.4. The van der Waals surface area contributed by atoms with Gasteiger partial charge in [0, 0.05) is 37.1 Å². The van der Waals surface area contributed by atoms with Crippen molar-refractivity contribution in [3.8, 4) is 0 Å². The summed E-state index contributed by atoms with van der Waals surface area (Å²) in [6.07, 6.45) is 4.12. The normalized spacial score (nSPS) is 15.4. The average molecular weight is 395 g/mol.